The van der Waals surface area contributed by atoms with Crippen LogP contribution in [0.1, 0.15) is 75.3 Å². The van der Waals surface area contributed by atoms with Crippen LogP contribution in [0.3, 0.4) is 0 Å². The average molecular weight is 370 g/mol. The van der Waals surface area contributed by atoms with E-state index in [1.54, 1.807) is 6.20 Å². The van der Waals surface area contributed by atoms with Gasteiger partial charge in [0.1, 0.15) is 5.75 Å². The maximum atomic E-state index is 12.9. The molecule has 0 saturated heterocycles. The van der Waals surface area contributed by atoms with Gasteiger partial charge >= 0.3 is 0 Å². The largest absolute Gasteiger partial charge is 0.494 e. The molecule has 2 aromatic rings. The van der Waals surface area contributed by atoms with E-state index >= 15 is 0 Å². The lowest BCUT2D eigenvalue weighted by Gasteiger charge is -2.29. The summed E-state index contributed by atoms with van der Waals surface area (Å²) in [6.45, 7) is 3.03. The maximum absolute atomic E-state index is 12.9. The summed E-state index contributed by atoms with van der Waals surface area (Å²) in [5.74, 6) is 2.07. The Hall–Kier alpha value is -1.90. The smallest absolute Gasteiger partial charge is 0.212 e. The summed E-state index contributed by atoms with van der Waals surface area (Å²) in [6.07, 6.45) is 12.6. The minimum absolute atomic E-state index is 0.392. The van der Waals surface area contributed by atoms with Crippen LogP contribution in [0.15, 0.2) is 42.6 Å². The van der Waals surface area contributed by atoms with Crippen molar-refractivity contribution in [2.45, 2.75) is 70.6 Å². The first-order valence-corrected chi connectivity index (χ1v) is 10.6. The number of unbranched alkanes of at least 4 members (excludes halogenated alkanes) is 2. The van der Waals surface area contributed by atoms with Crippen molar-refractivity contribution in [2.75, 3.05) is 6.61 Å². The van der Waals surface area contributed by atoms with Gasteiger partial charge in [-0.2, -0.15) is 4.39 Å². The quantitative estimate of drug-likeness (QED) is 0.362. The van der Waals surface area contributed by atoms with Gasteiger partial charge in [0.05, 0.1) is 6.61 Å². The predicted octanol–water partition coefficient (Wildman–Crippen LogP) is 6.70. The monoisotopic (exact) mass is 369 g/mol. The highest BCUT2D eigenvalue weighted by atomic mass is 19.1. The third-order valence-corrected chi connectivity index (χ3v) is 5.84. The number of aryl methyl sites for hydroxylation is 1. The molecule has 0 N–H and O–H groups in total. The number of benzene rings is 1. The molecule has 2 nitrogen and oxygen atoms in total. The fraction of sp³-hybridized carbons (Fsp3) is 0.542. The predicted molar refractivity (Wildman–Crippen MR) is 109 cm³/mol. The molecule has 146 valence electrons. The minimum Gasteiger partial charge on any atom is -0.494 e. The Morgan fingerprint density at radius 1 is 1.00 bits per heavy atom. The van der Waals surface area contributed by atoms with Gasteiger partial charge in [0.25, 0.3) is 0 Å². The summed E-state index contributed by atoms with van der Waals surface area (Å²) in [6, 6.07) is 12.1. The molecule has 0 unspecified atom stereocenters. The second-order valence-corrected chi connectivity index (χ2v) is 7.87. The first-order chi connectivity index (χ1) is 13.2. The van der Waals surface area contributed by atoms with Crippen molar-refractivity contribution in [3.8, 4) is 5.75 Å². The van der Waals surface area contributed by atoms with Crippen LogP contribution >= 0.6 is 0 Å². The van der Waals surface area contributed by atoms with E-state index in [1.807, 2.05) is 6.07 Å². The number of ether oxygens (including phenoxy) is 1. The zero-order valence-corrected chi connectivity index (χ0v) is 16.5. The first kappa shape index (κ1) is 19.9. The molecule has 1 aliphatic rings. The summed E-state index contributed by atoms with van der Waals surface area (Å²) < 4.78 is 18.7. The highest BCUT2D eigenvalue weighted by Crippen LogP contribution is 2.37. The lowest BCUT2D eigenvalue weighted by atomic mass is 9.77. The van der Waals surface area contributed by atoms with Gasteiger partial charge in [-0.1, -0.05) is 38.0 Å². The van der Waals surface area contributed by atoms with Crippen LogP contribution in [0, 0.1) is 11.9 Å². The van der Waals surface area contributed by atoms with Crippen LogP contribution in [-0.2, 0) is 6.42 Å². The molecule has 1 aliphatic carbocycles. The molecule has 0 bridgehead atoms. The van der Waals surface area contributed by atoms with Crippen LogP contribution in [0.5, 0.6) is 5.75 Å². The van der Waals surface area contributed by atoms with Crippen molar-refractivity contribution in [1.82, 2.24) is 4.98 Å². The molecule has 3 heteroatoms. The summed E-state index contributed by atoms with van der Waals surface area (Å²) in [5, 5.41) is 0. The van der Waals surface area contributed by atoms with E-state index in [0.29, 0.717) is 5.92 Å². The number of nitrogens with zero attached hydrogens (tertiary/aromatic N) is 1. The molecule has 27 heavy (non-hydrogen) atoms. The Labute approximate surface area is 163 Å². The van der Waals surface area contributed by atoms with E-state index in [0.717, 1.165) is 36.7 Å². The van der Waals surface area contributed by atoms with E-state index in [2.05, 4.69) is 36.2 Å². The number of hydrogen-bond acceptors (Lipinski definition) is 2. The zero-order valence-electron chi connectivity index (χ0n) is 16.5. The second-order valence-electron chi connectivity index (χ2n) is 7.87. The molecule has 0 spiro atoms. The highest BCUT2D eigenvalue weighted by molar-refractivity contribution is 5.29. The van der Waals surface area contributed by atoms with Gasteiger partial charge in [0.2, 0.25) is 5.95 Å². The van der Waals surface area contributed by atoms with E-state index in [4.69, 9.17) is 4.74 Å². The SMILES string of the molecule is CCCCCOc1ccc([C@H]2CC[C@H](CCc3ccc(F)nc3)CC2)cc1. The Morgan fingerprint density at radius 2 is 1.78 bits per heavy atom. The molecule has 0 aliphatic heterocycles. The molecule has 0 atom stereocenters. The van der Waals surface area contributed by atoms with Crippen LogP contribution in [0.2, 0.25) is 0 Å². The number of aromatic nitrogens is 1. The summed E-state index contributed by atoms with van der Waals surface area (Å²) >= 11 is 0. The Balaban J connectivity index is 1.40. The van der Waals surface area contributed by atoms with Crippen molar-refractivity contribution in [3.63, 3.8) is 0 Å². The maximum Gasteiger partial charge on any atom is 0.212 e. The van der Waals surface area contributed by atoms with Crippen LogP contribution in [-0.4, -0.2) is 11.6 Å². The van der Waals surface area contributed by atoms with Gasteiger partial charge in [-0.05, 0) is 86.1 Å². The molecule has 0 amide bonds. The number of halogens is 1. The number of rotatable bonds is 9. The van der Waals surface area contributed by atoms with E-state index < -0.39 is 5.95 Å². The van der Waals surface area contributed by atoms with Gasteiger partial charge in [-0.25, -0.2) is 4.98 Å². The van der Waals surface area contributed by atoms with Crippen molar-refractivity contribution in [1.29, 1.82) is 0 Å². The van der Waals surface area contributed by atoms with Gasteiger partial charge < -0.3 is 4.74 Å². The summed E-state index contributed by atoms with van der Waals surface area (Å²) in [5.41, 5.74) is 2.60. The van der Waals surface area contributed by atoms with Crippen LogP contribution in [0.4, 0.5) is 4.39 Å². The van der Waals surface area contributed by atoms with E-state index in [9.17, 15) is 4.39 Å². The zero-order chi connectivity index (χ0) is 18.9. The normalized spacial score (nSPS) is 19.8. The van der Waals surface area contributed by atoms with Gasteiger partial charge in [-0.15, -0.1) is 0 Å². The molecule has 3 rings (SSSR count). The first-order valence-electron chi connectivity index (χ1n) is 10.6. The average Bonchev–Trinajstić information content (AvgIpc) is 2.72. The van der Waals surface area contributed by atoms with E-state index in [1.165, 1.54) is 56.6 Å². The van der Waals surface area contributed by atoms with E-state index in [-0.39, 0.29) is 0 Å². The number of hydrogen-bond donors (Lipinski definition) is 0. The molecule has 1 aromatic heterocycles. The molecule has 0 radical (unpaired) electrons. The lowest BCUT2D eigenvalue weighted by Crippen LogP contribution is -2.14. The second kappa shape index (κ2) is 10.4. The fourth-order valence-corrected chi connectivity index (χ4v) is 4.09. The summed E-state index contributed by atoms with van der Waals surface area (Å²) in [7, 11) is 0. The van der Waals surface area contributed by atoms with Crippen molar-refractivity contribution in [3.05, 3.63) is 59.7 Å². The standard InChI is InChI=1S/C24H32FNO/c1-2-3-4-17-27-23-14-12-22(13-15-23)21-10-7-19(8-11-21)5-6-20-9-16-24(25)26-18-20/h9,12-16,18-19,21H,2-8,10-11,17H2,1H3/t19-,21-. The number of pyridine rings is 1. The molecule has 1 fully saturated rings. The lowest BCUT2D eigenvalue weighted by molar-refractivity contribution is 0.303. The van der Waals surface area contributed by atoms with Gasteiger partial charge in [0, 0.05) is 6.20 Å². The molecule has 1 saturated carbocycles. The van der Waals surface area contributed by atoms with Crippen molar-refractivity contribution in [2.24, 2.45) is 5.92 Å². The third kappa shape index (κ3) is 6.34. The van der Waals surface area contributed by atoms with Gasteiger partial charge in [-0.3, -0.25) is 0 Å². The topological polar surface area (TPSA) is 22.1 Å². The molecule has 1 aromatic carbocycles. The highest BCUT2D eigenvalue weighted by Gasteiger charge is 2.22. The third-order valence-electron chi connectivity index (χ3n) is 5.84. The Morgan fingerprint density at radius 3 is 2.44 bits per heavy atom. The Bertz CT molecular complexity index is 660. The van der Waals surface area contributed by atoms with Crippen molar-refractivity contribution >= 4 is 0 Å². The fourth-order valence-electron chi connectivity index (χ4n) is 4.09. The molecule has 1 heterocycles. The van der Waals surface area contributed by atoms with Crippen LogP contribution in [0.25, 0.3) is 0 Å². The minimum atomic E-state index is -0.392. The van der Waals surface area contributed by atoms with Gasteiger partial charge in [0.15, 0.2) is 0 Å². The van der Waals surface area contributed by atoms with Crippen LogP contribution < -0.4 is 4.74 Å². The van der Waals surface area contributed by atoms with Crippen molar-refractivity contribution < 1.29 is 9.13 Å². The Kier molecular flexibility index (Phi) is 7.67. The molecular weight excluding hydrogens is 337 g/mol. The summed E-state index contributed by atoms with van der Waals surface area (Å²) in [4.78, 5) is 3.75. The molecular formula is C24H32FNO.